The summed E-state index contributed by atoms with van der Waals surface area (Å²) < 4.78 is 5.99. The van der Waals surface area contributed by atoms with E-state index < -0.39 is 4.92 Å². The van der Waals surface area contributed by atoms with Crippen LogP contribution in [0.3, 0.4) is 0 Å². The van der Waals surface area contributed by atoms with Crippen molar-refractivity contribution < 1.29 is 9.34 Å². The summed E-state index contributed by atoms with van der Waals surface area (Å²) in [4.78, 5) is 25.4. The van der Waals surface area contributed by atoms with E-state index in [1.807, 2.05) is 30.3 Å². The molecular formula is C24H29N7O3. The Labute approximate surface area is 198 Å². The summed E-state index contributed by atoms with van der Waals surface area (Å²) >= 11 is 0. The molecule has 0 amide bonds. The van der Waals surface area contributed by atoms with Crippen molar-refractivity contribution in [1.82, 2.24) is 20.3 Å². The molecule has 2 aromatic heterocycles. The molecule has 2 aliphatic rings. The van der Waals surface area contributed by atoms with Gasteiger partial charge in [-0.15, -0.1) is 0 Å². The van der Waals surface area contributed by atoms with Crippen LogP contribution in [0.15, 0.2) is 53.3 Å². The molecule has 1 aromatic carbocycles. The number of rotatable bonds is 7. The van der Waals surface area contributed by atoms with Gasteiger partial charge in [0.1, 0.15) is 12.4 Å². The second kappa shape index (κ2) is 10.2. The van der Waals surface area contributed by atoms with Gasteiger partial charge in [0.2, 0.25) is 5.95 Å². The van der Waals surface area contributed by atoms with Crippen LogP contribution in [0.2, 0.25) is 0 Å². The van der Waals surface area contributed by atoms with E-state index in [-0.39, 0.29) is 11.7 Å². The minimum atomic E-state index is -0.475. The normalized spacial score (nSPS) is 22.9. The molecule has 2 N–H and O–H groups in total. The second-order valence-corrected chi connectivity index (χ2v) is 8.99. The summed E-state index contributed by atoms with van der Waals surface area (Å²) in [5, 5.41) is 18.3. The second-order valence-electron chi connectivity index (χ2n) is 8.99. The minimum absolute atomic E-state index is 0.0893. The van der Waals surface area contributed by atoms with E-state index in [0.717, 1.165) is 50.1 Å². The first-order valence-electron chi connectivity index (χ1n) is 11.9. The number of nitro groups is 1. The van der Waals surface area contributed by atoms with Gasteiger partial charge in [-0.3, -0.25) is 10.1 Å². The molecule has 1 saturated heterocycles. The predicted molar refractivity (Wildman–Crippen MR) is 129 cm³/mol. The zero-order valence-corrected chi connectivity index (χ0v) is 19.0. The summed E-state index contributed by atoms with van der Waals surface area (Å²) in [7, 11) is 0. The first-order chi connectivity index (χ1) is 16.7. The number of benzene rings is 1. The van der Waals surface area contributed by atoms with Crippen molar-refractivity contribution in [1.29, 1.82) is 0 Å². The van der Waals surface area contributed by atoms with Crippen LogP contribution in [0, 0.1) is 10.1 Å². The van der Waals surface area contributed by atoms with Crippen LogP contribution < -0.4 is 15.5 Å². The van der Waals surface area contributed by atoms with Gasteiger partial charge in [0, 0.05) is 36.8 Å². The zero-order chi connectivity index (χ0) is 23.3. The van der Waals surface area contributed by atoms with Gasteiger partial charge in [-0.1, -0.05) is 43.2 Å². The molecule has 34 heavy (non-hydrogen) atoms. The number of nitrogens with one attached hydrogen (secondary N) is 2. The van der Waals surface area contributed by atoms with E-state index in [9.17, 15) is 10.1 Å². The molecule has 1 aliphatic heterocycles. The monoisotopic (exact) mass is 463 g/mol. The number of hydrogen-bond acceptors (Lipinski definition) is 9. The molecular weight excluding hydrogens is 434 g/mol. The molecule has 10 nitrogen and oxygen atoms in total. The van der Waals surface area contributed by atoms with E-state index in [0.29, 0.717) is 24.0 Å². The van der Waals surface area contributed by atoms with E-state index in [4.69, 9.17) is 4.42 Å². The Morgan fingerprint density at radius 1 is 0.971 bits per heavy atom. The highest BCUT2D eigenvalue weighted by molar-refractivity contribution is 5.57. The highest BCUT2D eigenvalue weighted by Gasteiger charge is 2.30. The Morgan fingerprint density at radius 3 is 2.50 bits per heavy atom. The SMILES string of the molecule is O=[N+]([O-])c1cnc(N2CCC[C@H](N[C@@H]3CCCC[C@H]3Nc3ncc(-c4ccccc4)o3)C2)nc1. The number of aromatic nitrogens is 3. The van der Waals surface area contributed by atoms with E-state index >= 15 is 0 Å². The van der Waals surface area contributed by atoms with Crippen LogP contribution in [0.25, 0.3) is 11.3 Å². The first kappa shape index (κ1) is 22.3. The molecule has 5 rings (SSSR count). The van der Waals surface area contributed by atoms with Crippen LogP contribution in [-0.4, -0.2) is 51.1 Å². The molecule has 3 atom stereocenters. The van der Waals surface area contributed by atoms with Gasteiger partial charge >= 0.3 is 5.69 Å². The molecule has 2 fully saturated rings. The third-order valence-electron chi connectivity index (χ3n) is 6.63. The van der Waals surface area contributed by atoms with Crippen molar-refractivity contribution in [2.75, 3.05) is 23.3 Å². The summed E-state index contributed by atoms with van der Waals surface area (Å²) in [6, 6.07) is 11.4. The smallest absolute Gasteiger partial charge is 0.305 e. The fourth-order valence-corrected chi connectivity index (χ4v) is 4.91. The quantitative estimate of drug-likeness (QED) is 0.395. The maximum atomic E-state index is 10.9. The number of piperidine rings is 1. The van der Waals surface area contributed by atoms with Crippen LogP contribution >= 0.6 is 0 Å². The molecule has 0 bridgehead atoms. The van der Waals surface area contributed by atoms with Crippen LogP contribution in [0.5, 0.6) is 0 Å². The van der Waals surface area contributed by atoms with E-state index in [1.165, 1.54) is 25.2 Å². The van der Waals surface area contributed by atoms with Gasteiger partial charge in [-0.25, -0.2) is 15.0 Å². The molecule has 1 aliphatic carbocycles. The summed E-state index contributed by atoms with van der Waals surface area (Å²) in [6.07, 6.45) is 10.9. The van der Waals surface area contributed by atoms with Gasteiger partial charge in [-0.2, -0.15) is 0 Å². The lowest BCUT2D eigenvalue weighted by Gasteiger charge is -2.39. The third-order valence-corrected chi connectivity index (χ3v) is 6.63. The van der Waals surface area contributed by atoms with Crippen molar-refractivity contribution in [2.24, 2.45) is 0 Å². The van der Waals surface area contributed by atoms with Crippen molar-refractivity contribution in [2.45, 2.75) is 56.7 Å². The van der Waals surface area contributed by atoms with Gasteiger partial charge < -0.3 is 20.0 Å². The van der Waals surface area contributed by atoms with Gasteiger partial charge in [-0.05, 0) is 25.7 Å². The maximum absolute atomic E-state index is 10.9. The number of nitrogens with zero attached hydrogens (tertiary/aromatic N) is 5. The van der Waals surface area contributed by atoms with Crippen molar-refractivity contribution in [3.63, 3.8) is 0 Å². The van der Waals surface area contributed by atoms with Crippen molar-refractivity contribution in [3.8, 4) is 11.3 Å². The largest absolute Gasteiger partial charge is 0.424 e. The third kappa shape index (κ3) is 5.17. The number of oxazole rings is 1. The molecule has 10 heteroatoms. The molecule has 178 valence electrons. The molecule has 0 radical (unpaired) electrons. The Morgan fingerprint density at radius 2 is 1.74 bits per heavy atom. The van der Waals surface area contributed by atoms with Gasteiger partial charge in [0.05, 0.1) is 11.1 Å². The molecule has 3 aromatic rings. The Balaban J connectivity index is 1.21. The molecule has 0 unspecified atom stereocenters. The summed E-state index contributed by atoms with van der Waals surface area (Å²) in [6.45, 7) is 1.62. The number of anilines is 2. The average Bonchev–Trinajstić information content (AvgIpc) is 3.35. The lowest BCUT2D eigenvalue weighted by molar-refractivity contribution is -0.385. The summed E-state index contributed by atoms with van der Waals surface area (Å²) in [5.74, 6) is 1.30. The van der Waals surface area contributed by atoms with Gasteiger partial charge in [0.25, 0.3) is 6.01 Å². The predicted octanol–water partition coefficient (Wildman–Crippen LogP) is 4.02. The Bertz CT molecular complexity index is 1090. The molecule has 0 spiro atoms. The van der Waals surface area contributed by atoms with Crippen LogP contribution in [0.1, 0.15) is 38.5 Å². The fourth-order valence-electron chi connectivity index (χ4n) is 4.91. The highest BCUT2D eigenvalue weighted by Crippen LogP contribution is 2.27. The van der Waals surface area contributed by atoms with Crippen LogP contribution in [-0.2, 0) is 0 Å². The average molecular weight is 464 g/mol. The van der Waals surface area contributed by atoms with E-state index in [1.54, 1.807) is 6.20 Å². The van der Waals surface area contributed by atoms with Crippen molar-refractivity contribution in [3.05, 3.63) is 59.0 Å². The highest BCUT2D eigenvalue weighted by atomic mass is 16.6. The minimum Gasteiger partial charge on any atom is -0.424 e. The standard InChI is InChI=1S/C24H29N7O3/c32-31(33)19-13-25-23(26-14-19)30-12-6-9-18(16-30)28-20-10-4-5-11-21(20)29-24-27-15-22(34-24)17-7-2-1-3-8-17/h1-3,7-8,13-15,18,20-21,28H,4-6,9-12,16H2,(H,27,29)/t18-,20+,21+/m0/s1. The molecule has 1 saturated carbocycles. The van der Waals surface area contributed by atoms with Crippen molar-refractivity contribution >= 4 is 17.7 Å². The topological polar surface area (TPSA) is 122 Å². The number of hydrogen-bond donors (Lipinski definition) is 2. The molecule has 3 heterocycles. The first-order valence-corrected chi connectivity index (χ1v) is 11.9. The summed E-state index contributed by atoms with van der Waals surface area (Å²) in [5.41, 5.74) is 0.922. The lowest BCUT2D eigenvalue weighted by atomic mass is 9.89. The lowest BCUT2D eigenvalue weighted by Crippen LogP contribution is -2.55. The Kier molecular flexibility index (Phi) is 6.66. The van der Waals surface area contributed by atoms with Crippen LogP contribution in [0.4, 0.5) is 17.7 Å². The zero-order valence-electron chi connectivity index (χ0n) is 19.0. The maximum Gasteiger partial charge on any atom is 0.305 e. The van der Waals surface area contributed by atoms with Gasteiger partial charge in [0.15, 0.2) is 5.76 Å². The Hall–Kier alpha value is -3.53. The van der Waals surface area contributed by atoms with E-state index in [2.05, 4.69) is 30.5 Å². The fraction of sp³-hybridized carbons (Fsp3) is 0.458.